The minimum Gasteiger partial charge on any atom is -0.349 e. The number of aromatic amines is 1. The number of carbonyl (C=O) groups is 3. The number of nitrogens with one attached hydrogen (secondary N) is 2. The fourth-order valence-corrected chi connectivity index (χ4v) is 8.72. The summed E-state index contributed by atoms with van der Waals surface area (Å²) in [4.78, 5) is 50.8. The Labute approximate surface area is 259 Å². The van der Waals surface area contributed by atoms with Gasteiger partial charge in [-0.1, -0.05) is 45.9 Å². The predicted octanol–water partition coefficient (Wildman–Crippen LogP) is 3.19. The van der Waals surface area contributed by atoms with E-state index in [2.05, 4.69) is 43.3 Å². The van der Waals surface area contributed by atoms with Crippen LogP contribution in [0.15, 0.2) is 28.9 Å². The van der Waals surface area contributed by atoms with Gasteiger partial charge in [0.05, 0.1) is 10.5 Å². The number of aromatic nitrogens is 1. The first kappa shape index (κ1) is 29.0. The van der Waals surface area contributed by atoms with Crippen LogP contribution < -0.4 is 5.32 Å². The molecule has 2 aromatic rings. The SMILES string of the molecule is CC(C)CC1C(=O)N2CCC[C@H]2C2(O)O[C@](NC(=O)[C@@H]3C=C4c5cccc6[nH]c(Br)c(c56)C[C@H]4N(C)C3)(C(C)C)C(=O)N12. The maximum Gasteiger partial charge on any atom is 0.281 e. The number of H-pyrrole nitrogens is 1. The molecule has 230 valence electrons. The lowest BCUT2D eigenvalue weighted by Gasteiger charge is -2.49. The van der Waals surface area contributed by atoms with E-state index >= 15 is 0 Å². The maximum absolute atomic E-state index is 14.4. The van der Waals surface area contributed by atoms with Gasteiger partial charge in [0.15, 0.2) is 0 Å². The number of piperazine rings is 1. The van der Waals surface area contributed by atoms with Gasteiger partial charge in [-0.25, -0.2) is 0 Å². The van der Waals surface area contributed by atoms with Crippen LogP contribution >= 0.6 is 15.9 Å². The minimum atomic E-state index is -2.01. The van der Waals surface area contributed by atoms with Crippen molar-refractivity contribution in [3.8, 4) is 0 Å². The van der Waals surface area contributed by atoms with Crippen molar-refractivity contribution in [2.75, 3.05) is 20.1 Å². The molecule has 6 atom stereocenters. The molecule has 0 radical (unpaired) electrons. The van der Waals surface area contributed by atoms with Gasteiger partial charge in [-0.3, -0.25) is 28.9 Å². The molecule has 5 aliphatic rings. The first-order valence-corrected chi connectivity index (χ1v) is 16.3. The van der Waals surface area contributed by atoms with Crippen LogP contribution in [0.2, 0.25) is 0 Å². The van der Waals surface area contributed by atoms with Crippen molar-refractivity contribution in [2.24, 2.45) is 17.8 Å². The molecule has 11 heteroatoms. The smallest absolute Gasteiger partial charge is 0.281 e. The zero-order chi connectivity index (χ0) is 30.6. The number of ether oxygens (including phenoxy) is 1. The average molecular weight is 655 g/mol. The van der Waals surface area contributed by atoms with Gasteiger partial charge < -0.3 is 20.3 Å². The first-order valence-electron chi connectivity index (χ1n) is 15.5. The van der Waals surface area contributed by atoms with Crippen LogP contribution in [-0.4, -0.2) is 92.4 Å². The van der Waals surface area contributed by atoms with Crippen LogP contribution in [0, 0.1) is 17.8 Å². The van der Waals surface area contributed by atoms with Gasteiger partial charge in [0.1, 0.15) is 12.1 Å². The Kier molecular flexibility index (Phi) is 6.67. The van der Waals surface area contributed by atoms with Crippen molar-refractivity contribution in [3.05, 3.63) is 40.0 Å². The zero-order valence-corrected chi connectivity index (χ0v) is 26.9. The Balaban J connectivity index is 1.25. The molecule has 3 N–H and O–H groups in total. The van der Waals surface area contributed by atoms with Crippen molar-refractivity contribution >= 4 is 50.1 Å². The van der Waals surface area contributed by atoms with Gasteiger partial charge in [-0.2, -0.15) is 0 Å². The van der Waals surface area contributed by atoms with E-state index in [1.165, 1.54) is 15.8 Å². The van der Waals surface area contributed by atoms with Crippen molar-refractivity contribution in [1.82, 2.24) is 25.0 Å². The summed E-state index contributed by atoms with van der Waals surface area (Å²) < 4.78 is 7.43. The van der Waals surface area contributed by atoms with Gasteiger partial charge in [0, 0.05) is 36.0 Å². The Morgan fingerprint density at radius 3 is 2.74 bits per heavy atom. The minimum absolute atomic E-state index is 0.104. The summed E-state index contributed by atoms with van der Waals surface area (Å²) >= 11 is 3.70. The average Bonchev–Trinajstić information content (AvgIpc) is 3.63. The number of benzene rings is 1. The molecule has 0 spiro atoms. The fraction of sp³-hybridized carbons (Fsp3) is 0.594. The van der Waals surface area contributed by atoms with Crippen LogP contribution in [0.25, 0.3) is 16.5 Å². The molecule has 5 heterocycles. The van der Waals surface area contributed by atoms with Gasteiger partial charge in [0.25, 0.3) is 11.8 Å². The molecular weight excluding hydrogens is 614 g/mol. The molecule has 0 bridgehead atoms. The standard InChI is InChI=1S/C32H40BrN5O5/c1-16(2)12-24-29(40)37-11-7-10-25(37)32(42)38(24)30(41)31(43-32,17(3)4)35-28(39)18-13-20-19-8-6-9-22-26(19)21(27(33)34-22)14-23(20)36(5)15-18/h6,8-9,13,16-18,23-25,34,42H,7,10-12,14-15H2,1-5H3,(H,35,39)/t18-,23-,24?,25+,31-,32?/m1/s1. The molecule has 2 unspecified atom stereocenters. The molecule has 3 saturated heterocycles. The monoisotopic (exact) mass is 653 g/mol. The third-order valence-corrected chi connectivity index (χ3v) is 10.9. The lowest BCUT2D eigenvalue weighted by molar-refractivity contribution is -0.322. The number of rotatable bonds is 5. The van der Waals surface area contributed by atoms with Crippen molar-refractivity contribution in [3.63, 3.8) is 0 Å². The Hall–Kier alpha value is -2.73. The Morgan fingerprint density at radius 1 is 1.26 bits per heavy atom. The number of carbonyl (C=O) groups excluding carboxylic acids is 3. The quantitative estimate of drug-likeness (QED) is 0.456. The number of amides is 3. The topological polar surface area (TPSA) is 118 Å². The summed E-state index contributed by atoms with van der Waals surface area (Å²) in [7, 11) is 2.03. The number of aliphatic hydroxyl groups is 1. The molecule has 10 nitrogen and oxygen atoms in total. The number of nitrogens with zero attached hydrogens (tertiary/aromatic N) is 3. The Bertz CT molecular complexity index is 1570. The molecule has 1 aromatic heterocycles. The molecule has 3 fully saturated rings. The highest BCUT2D eigenvalue weighted by Crippen LogP contribution is 2.49. The summed E-state index contributed by atoms with van der Waals surface area (Å²) in [5.41, 5.74) is 2.68. The highest BCUT2D eigenvalue weighted by molar-refractivity contribution is 9.10. The normalized spacial score (nSPS) is 33.7. The third-order valence-electron chi connectivity index (χ3n) is 10.3. The van der Waals surface area contributed by atoms with Crippen LogP contribution in [0.1, 0.15) is 58.1 Å². The second-order valence-corrected chi connectivity index (χ2v) is 14.5. The van der Waals surface area contributed by atoms with Crippen molar-refractivity contribution < 1.29 is 24.2 Å². The van der Waals surface area contributed by atoms with Crippen molar-refractivity contribution in [2.45, 2.75) is 83.1 Å². The summed E-state index contributed by atoms with van der Waals surface area (Å²) in [6.07, 6.45) is 4.49. The van der Waals surface area contributed by atoms with Crippen LogP contribution in [-0.2, 0) is 25.5 Å². The van der Waals surface area contributed by atoms with E-state index in [-0.39, 0.29) is 23.8 Å². The van der Waals surface area contributed by atoms with E-state index in [4.69, 9.17) is 4.74 Å². The molecule has 0 saturated carbocycles. The first-order chi connectivity index (χ1) is 20.4. The van der Waals surface area contributed by atoms with Gasteiger partial charge in [0.2, 0.25) is 17.5 Å². The molecular formula is C32H40BrN5O5. The third kappa shape index (κ3) is 4.04. The highest BCUT2D eigenvalue weighted by atomic mass is 79.9. The second-order valence-electron chi connectivity index (χ2n) is 13.7. The molecule has 1 aromatic carbocycles. The van der Waals surface area contributed by atoms with Gasteiger partial charge in [-0.15, -0.1) is 0 Å². The maximum atomic E-state index is 14.4. The summed E-state index contributed by atoms with van der Waals surface area (Å²) in [5, 5.41) is 16.3. The number of hydrogen-bond acceptors (Lipinski definition) is 6. The summed E-state index contributed by atoms with van der Waals surface area (Å²) in [6.45, 7) is 8.57. The van der Waals surface area contributed by atoms with Crippen LogP contribution in [0.5, 0.6) is 0 Å². The lowest BCUT2D eigenvalue weighted by Crippen LogP contribution is -2.71. The number of likely N-dealkylation sites (N-methyl/N-ethyl adjacent to an activating group) is 1. The molecule has 43 heavy (non-hydrogen) atoms. The number of fused-ring (bicyclic) bond motifs is 5. The molecule has 3 amide bonds. The Morgan fingerprint density at radius 2 is 2.02 bits per heavy atom. The van der Waals surface area contributed by atoms with Gasteiger partial charge in [-0.05, 0) is 77.3 Å². The molecule has 1 aliphatic carbocycles. The molecule has 7 rings (SSSR count). The van der Waals surface area contributed by atoms with E-state index < -0.39 is 41.5 Å². The largest absolute Gasteiger partial charge is 0.349 e. The van der Waals surface area contributed by atoms with Crippen LogP contribution in [0.3, 0.4) is 0 Å². The second kappa shape index (κ2) is 9.89. The zero-order valence-electron chi connectivity index (χ0n) is 25.3. The summed E-state index contributed by atoms with van der Waals surface area (Å²) in [5.74, 6) is -4.01. The van der Waals surface area contributed by atoms with E-state index in [9.17, 15) is 19.5 Å². The van der Waals surface area contributed by atoms with E-state index in [1.54, 1.807) is 18.7 Å². The number of halogens is 1. The van der Waals surface area contributed by atoms with Crippen LogP contribution in [0.4, 0.5) is 0 Å². The van der Waals surface area contributed by atoms with E-state index in [1.807, 2.05) is 33.0 Å². The fourth-order valence-electron chi connectivity index (χ4n) is 8.15. The predicted molar refractivity (Wildman–Crippen MR) is 164 cm³/mol. The lowest BCUT2D eigenvalue weighted by atomic mass is 9.79. The molecule has 4 aliphatic heterocycles. The van der Waals surface area contributed by atoms with Crippen molar-refractivity contribution in [1.29, 1.82) is 0 Å². The summed E-state index contributed by atoms with van der Waals surface area (Å²) in [6, 6.07) is 4.76. The number of hydrogen-bond donors (Lipinski definition) is 3. The van der Waals surface area contributed by atoms with E-state index in [0.717, 1.165) is 34.1 Å². The highest BCUT2D eigenvalue weighted by Gasteiger charge is 2.72. The van der Waals surface area contributed by atoms with Gasteiger partial charge >= 0.3 is 0 Å². The van der Waals surface area contributed by atoms with E-state index in [0.29, 0.717) is 25.9 Å².